The van der Waals surface area contributed by atoms with E-state index in [9.17, 15) is 0 Å². The second-order valence-electron chi connectivity index (χ2n) is 12.2. The third kappa shape index (κ3) is 3.14. The molecular weight excluding hydrogens is 348 g/mol. The Bertz CT molecular complexity index is 744. The van der Waals surface area contributed by atoms with E-state index in [2.05, 4.69) is 60.6 Å². The van der Waals surface area contributed by atoms with Gasteiger partial charge in [0, 0.05) is 0 Å². The van der Waals surface area contributed by atoms with Gasteiger partial charge in [-0.05, 0) is 126 Å². The molecule has 0 aromatic heterocycles. The van der Waals surface area contributed by atoms with Gasteiger partial charge in [0.1, 0.15) is 0 Å². The normalized spacial score (nSPS) is 45.6. The van der Waals surface area contributed by atoms with Crippen LogP contribution in [0.4, 0.5) is 0 Å². The largest absolute Gasteiger partial charge is 0.0856 e. The summed E-state index contributed by atoms with van der Waals surface area (Å²) in [6.07, 6.45) is 18.9. The van der Waals surface area contributed by atoms with Gasteiger partial charge in [-0.3, -0.25) is 0 Å². The van der Waals surface area contributed by atoms with Crippen molar-refractivity contribution in [1.29, 1.82) is 0 Å². The van der Waals surface area contributed by atoms with Gasteiger partial charge in [-0.15, -0.1) is 0 Å². The molecule has 0 aliphatic heterocycles. The molecule has 0 bridgehead atoms. The minimum Gasteiger partial charge on any atom is -0.0856 e. The van der Waals surface area contributed by atoms with Gasteiger partial charge in [-0.1, -0.05) is 55.2 Å². The number of fused-ring (bicyclic) bond motifs is 5. The van der Waals surface area contributed by atoms with Crippen molar-refractivity contribution in [1.82, 2.24) is 0 Å². The first-order chi connectivity index (χ1) is 13.6. The van der Waals surface area contributed by atoms with Crippen molar-refractivity contribution in [3.05, 3.63) is 34.4 Å². The summed E-state index contributed by atoms with van der Waals surface area (Å²) in [5.74, 6) is 2.64. The molecule has 0 unspecified atom stereocenters. The molecule has 0 heterocycles. The Labute approximate surface area is 181 Å². The molecule has 0 amide bonds. The molecule has 0 radical (unpaired) electrons. The smallest absolute Gasteiger partial charge is 0.0141 e. The zero-order valence-electron chi connectivity index (χ0n) is 20.5. The molecule has 6 atom stereocenters. The van der Waals surface area contributed by atoms with Crippen LogP contribution in [0.2, 0.25) is 0 Å². The van der Waals surface area contributed by atoms with Crippen molar-refractivity contribution < 1.29 is 0 Å². The van der Waals surface area contributed by atoms with E-state index in [1.807, 2.05) is 5.57 Å². The molecule has 0 saturated heterocycles. The Balaban J connectivity index is 1.63. The fourth-order valence-electron chi connectivity index (χ4n) is 8.99. The highest BCUT2D eigenvalue weighted by Crippen LogP contribution is 2.73. The maximum absolute atomic E-state index is 2.74. The summed E-state index contributed by atoms with van der Waals surface area (Å²) in [6, 6.07) is 0. The van der Waals surface area contributed by atoms with Crippen LogP contribution in [0.25, 0.3) is 0 Å². The van der Waals surface area contributed by atoms with Crippen molar-refractivity contribution >= 4 is 0 Å². The highest BCUT2D eigenvalue weighted by Gasteiger charge is 2.65. The van der Waals surface area contributed by atoms with Crippen molar-refractivity contribution in [3.63, 3.8) is 0 Å². The van der Waals surface area contributed by atoms with Crippen LogP contribution in [0.1, 0.15) is 113 Å². The lowest BCUT2D eigenvalue weighted by molar-refractivity contribution is -0.161. The monoisotopic (exact) mass is 394 g/mol. The molecule has 0 nitrogen and oxygen atoms in total. The third-order valence-electron chi connectivity index (χ3n) is 10.8. The van der Waals surface area contributed by atoms with E-state index < -0.39 is 0 Å². The van der Waals surface area contributed by atoms with Crippen LogP contribution in [0.3, 0.4) is 0 Å². The predicted molar refractivity (Wildman–Crippen MR) is 127 cm³/mol. The van der Waals surface area contributed by atoms with Gasteiger partial charge in [0.15, 0.2) is 0 Å². The van der Waals surface area contributed by atoms with E-state index >= 15 is 0 Å². The Morgan fingerprint density at radius 1 is 0.966 bits per heavy atom. The molecule has 4 rings (SSSR count). The van der Waals surface area contributed by atoms with Crippen molar-refractivity contribution in [3.8, 4) is 0 Å². The third-order valence-corrected chi connectivity index (χ3v) is 10.8. The molecule has 0 aromatic carbocycles. The number of hydrogen-bond acceptors (Lipinski definition) is 0. The summed E-state index contributed by atoms with van der Waals surface area (Å²) in [7, 11) is 0. The maximum Gasteiger partial charge on any atom is -0.0141 e. The van der Waals surface area contributed by atoms with Gasteiger partial charge in [-0.2, -0.15) is 0 Å². The fraction of sp³-hybridized carbons (Fsp3) is 0.793. The molecule has 0 aromatic rings. The minimum absolute atomic E-state index is 0.520. The van der Waals surface area contributed by atoms with E-state index in [1.54, 1.807) is 11.1 Å². The topological polar surface area (TPSA) is 0 Å². The zero-order chi connectivity index (χ0) is 21.0. The van der Waals surface area contributed by atoms with E-state index in [4.69, 9.17) is 0 Å². The summed E-state index contributed by atoms with van der Waals surface area (Å²) < 4.78 is 0. The standard InChI is InChI=1S/C29H46/c1-20(2)10-8-11-21(3)23-15-18-28(6)25(23)13-14-26-27(5)17-9-12-22(4)24(27)16-19-29(26,28)7/h10,12,24-26H,8-9,11,13-19H2,1-7H3/b23-21-/t24-,25-,26-,27-,28-,29-/m0/s1. The Morgan fingerprint density at radius 3 is 2.45 bits per heavy atom. The van der Waals surface area contributed by atoms with E-state index in [1.165, 1.54) is 69.8 Å². The summed E-state index contributed by atoms with van der Waals surface area (Å²) >= 11 is 0. The fourth-order valence-corrected chi connectivity index (χ4v) is 8.99. The van der Waals surface area contributed by atoms with Crippen molar-refractivity contribution in [2.75, 3.05) is 0 Å². The average molecular weight is 395 g/mol. The first kappa shape index (κ1) is 21.5. The lowest BCUT2D eigenvalue weighted by Crippen LogP contribution is -2.59. The molecule has 0 heteroatoms. The summed E-state index contributed by atoms with van der Waals surface area (Å²) in [4.78, 5) is 0. The van der Waals surface area contributed by atoms with Gasteiger partial charge in [0.25, 0.3) is 0 Å². The van der Waals surface area contributed by atoms with Crippen LogP contribution in [0.5, 0.6) is 0 Å². The summed E-state index contributed by atoms with van der Waals surface area (Å²) in [6.45, 7) is 17.5. The Kier molecular flexibility index (Phi) is 5.49. The van der Waals surface area contributed by atoms with E-state index in [-0.39, 0.29) is 0 Å². The molecule has 3 saturated carbocycles. The highest BCUT2D eigenvalue weighted by molar-refractivity contribution is 5.30. The van der Waals surface area contributed by atoms with Crippen LogP contribution < -0.4 is 0 Å². The Hall–Kier alpha value is -0.780. The SMILES string of the molecule is CC(C)=CCC/C(C)=C1/CC[C@@]2(C)[C@H]1CC[C@H]1[C@@]3(C)CCC=C(C)[C@@H]3CC[C@@]12C. The molecule has 3 fully saturated rings. The lowest BCUT2D eigenvalue weighted by atomic mass is 9.38. The number of allylic oxidation sites excluding steroid dienone is 6. The van der Waals surface area contributed by atoms with Gasteiger partial charge in [0.05, 0.1) is 0 Å². The van der Waals surface area contributed by atoms with Crippen molar-refractivity contribution in [2.24, 2.45) is 34.0 Å². The molecule has 0 spiro atoms. The predicted octanol–water partition coefficient (Wildman–Crippen LogP) is 9.04. The van der Waals surface area contributed by atoms with Crippen molar-refractivity contribution in [2.45, 2.75) is 113 Å². The molecule has 162 valence electrons. The van der Waals surface area contributed by atoms with Gasteiger partial charge in [-0.25, -0.2) is 0 Å². The van der Waals surface area contributed by atoms with Crippen LogP contribution >= 0.6 is 0 Å². The second kappa shape index (κ2) is 7.42. The first-order valence-electron chi connectivity index (χ1n) is 12.6. The quantitative estimate of drug-likeness (QED) is 0.419. The molecule has 0 N–H and O–H groups in total. The van der Waals surface area contributed by atoms with E-state index in [0.29, 0.717) is 16.2 Å². The van der Waals surface area contributed by atoms with Gasteiger partial charge in [0.2, 0.25) is 0 Å². The molecule has 4 aliphatic carbocycles. The molecular formula is C29H46. The Morgan fingerprint density at radius 2 is 1.72 bits per heavy atom. The summed E-state index contributed by atoms with van der Waals surface area (Å²) in [5, 5.41) is 0. The highest BCUT2D eigenvalue weighted by atomic mass is 14.7. The molecule has 4 aliphatic rings. The van der Waals surface area contributed by atoms with Crippen LogP contribution in [-0.2, 0) is 0 Å². The second-order valence-corrected chi connectivity index (χ2v) is 12.2. The minimum atomic E-state index is 0.520. The van der Waals surface area contributed by atoms with Gasteiger partial charge >= 0.3 is 0 Å². The van der Waals surface area contributed by atoms with Crippen LogP contribution in [-0.4, -0.2) is 0 Å². The lowest BCUT2D eigenvalue weighted by Gasteiger charge is -2.66. The molecule has 29 heavy (non-hydrogen) atoms. The van der Waals surface area contributed by atoms with Crippen LogP contribution in [0.15, 0.2) is 34.4 Å². The number of hydrogen-bond donors (Lipinski definition) is 0. The average Bonchev–Trinajstić information content (AvgIpc) is 3.00. The van der Waals surface area contributed by atoms with Crippen LogP contribution in [0, 0.1) is 34.0 Å². The summed E-state index contributed by atoms with van der Waals surface area (Å²) in [5.41, 5.74) is 8.39. The zero-order valence-corrected chi connectivity index (χ0v) is 20.5. The first-order valence-corrected chi connectivity index (χ1v) is 12.6. The number of rotatable bonds is 3. The van der Waals surface area contributed by atoms with E-state index in [0.717, 1.165) is 17.8 Å². The maximum atomic E-state index is 2.74. The van der Waals surface area contributed by atoms with Gasteiger partial charge < -0.3 is 0 Å².